The van der Waals surface area contributed by atoms with E-state index in [1.54, 1.807) is 0 Å². The third kappa shape index (κ3) is 4.85. The van der Waals surface area contributed by atoms with E-state index in [-0.39, 0.29) is 28.0 Å². The summed E-state index contributed by atoms with van der Waals surface area (Å²) < 4.78 is 32.7. The SMILES string of the molecule is CC1(C)[C@H]2CC[C@@]1(CS(=O)(=O)[O-])C(=O)C2.c1ccc([S+](c2ccccc2)c2ccccc2)cc1. The van der Waals surface area contributed by atoms with E-state index in [1.165, 1.54) is 14.7 Å². The van der Waals surface area contributed by atoms with E-state index in [0.717, 1.165) is 6.42 Å². The summed E-state index contributed by atoms with van der Waals surface area (Å²) in [5.41, 5.74) is -1.22. The minimum Gasteiger partial charge on any atom is -0.748 e. The van der Waals surface area contributed by atoms with E-state index in [0.29, 0.717) is 12.8 Å². The molecule has 0 aromatic heterocycles. The number of carbonyl (C=O) groups is 1. The Morgan fingerprint density at radius 1 is 0.824 bits per heavy atom. The van der Waals surface area contributed by atoms with Gasteiger partial charge in [0.25, 0.3) is 0 Å². The molecule has 178 valence electrons. The highest BCUT2D eigenvalue weighted by Crippen LogP contribution is 2.64. The van der Waals surface area contributed by atoms with Crippen molar-refractivity contribution in [3.63, 3.8) is 0 Å². The van der Waals surface area contributed by atoms with Crippen molar-refractivity contribution in [3.8, 4) is 0 Å². The molecule has 0 aliphatic heterocycles. The normalized spacial score (nSPS) is 22.9. The minimum absolute atomic E-state index is 0.0146. The molecule has 0 unspecified atom stereocenters. The van der Waals surface area contributed by atoms with Crippen LogP contribution >= 0.6 is 0 Å². The monoisotopic (exact) mass is 494 g/mol. The molecule has 0 radical (unpaired) electrons. The molecule has 3 aromatic rings. The summed E-state index contributed by atoms with van der Waals surface area (Å²) in [6, 6.07) is 32.2. The molecule has 2 saturated carbocycles. The minimum atomic E-state index is -4.33. The number of benzene rings is 3. The van der Waals surface area contributed by atoms with Crippen LogP contribution in [-0.4, -0.2) is 24.5 Å². The first-order chi connectivity index (χ1) is 16.1. The quantitative estimate of drug-likeness (QED) is 0.336. The van der Waals surface area contributed by atoms with E-state index >= 15 is 0 Å². The standard InChI is InChI=1S/C18H15S.C10H16O4S/c1-4-10-16(11-5-1)19(17-12-6-2-7-13-17)18-14-8-3-9-15-18;1-9(2)7-3-4-10(9,8(11)5-7)6-15(12,13)14/h1-15H;7H,3-6H2,1-2H3,(H,12,13,14)/q+1;/p-1/t;7-,10+/m.0/s1. The van der Waals surface area contributed by atoms with Gasteiger partial charge in [-0.05, 0) is 60.6 Å². The zero-order valence-corrected chi connectivity index (χ0v) is 21.1. The molecule has 0 spiro atoms. The Morgan fingerprint density at radius 3 is 1.53 bits per heavy atom. The summed E-state index contributed by atoms with van der Waals surface area (Å²) >= 11 is 0. The lowest BCUT2D eigenvalue weighted by Crippen LogP contribution is -2.42. The highest BCUT2D eigenvalue weighted by molar-refractivity contribution is 7.97. The Bertz CT molecular complexity index is 1130. The number of carbonyl (C=O) groups excluding carboxylic acids is 1. The van der Waals surface area contributed by atoms with Crippen LogP contribution in [0, 0.1) is 16.7 Å². The first-order valence-corrected chi connectivity index (χ1v) is 14.3. The molecule has 3 aromatic carbocycles. The van der Waals surface area contributed by atoms with Crippen molar-refractivity contribution in [2.45, 2.75) is 47.8 Å². The van der Waals surface area contributed by atoms with Crippen LogP contribution < -0.4 is 0 Å². The van der Waals surface area contributed by atoms with E-state index < -0.39 is 21.3 Å². The third-order valence-corrected chi connectivity index (χ3v) is 10.6. The van der Waals surface area contributed by atoms with Crippen LogP contribution in [0.4, 0.5) is 0 Å². The molecule has 2 fully saturated rings. The molecule has 0 N–H and O–H groups in total. The van der Waals surface area contributed by atoms with Crippen LogP contribution in [0.3, 0.4) is 0 Å². The molecule has 0 saturated heterocycles. The molecule has 4 nitrogen and oxygen atoms in total. The van der Waals surface area contributed by atoms with Gasteiger partial charge in [-0.1, -0.05) is 68.4 Å². The van der Waals surface area contributed by atoms with E-state index in [2.05, 4.69) is 91.0 Å². The van der Waals surface area contributed by atoms with Crippen molar-refractivity contribution < 1.29 is 17.8 Å². The van der Waals surface area contributed by atoms with Crippen LogP contribution in [0.2, 0.25) is 0 Å². The number of hydrogen-bond acceptors (Lipinski definition) is 4. The average molecular weight is 495 g/mol. The van der Waals surface area contributed by atoms with Gasteiger partial charge in [0.05, 0.1) is 26.8 Å². The number of rotatable bonds is 5. The molecule has 2 bridgehead atoms. The maximum absolute atomic E-state index is 11.8. The fourth-order valence-electron chi connectivity index (χ4n) is 5.49. The van der Waals surface area contributed by atoms with E-state index in [4.69, 9.17) is 0 Å². The van der Waals surface area contributed by atoms with Gasteiger partial charge in [-0.25, -0.2) is 8.42 Å². The Labute approximate surface area is 205 Å². The van der Waals surface area contributed by atoms with Crippen molar-refractivity contribution in [1.29, 1.82) is 0 Å². The van der Waals surface area contributed by atoms with E-state index in [9.17, 15) is 17.8 Å². The van der Waals surface area contributed by atoms with Crippen LogP contribution in [0.1, 0.15) is 33.1 Å². The molecular weight excluding hydrogens is 464 g/mol. The van der Waals surface area contributed by atoms with Gasteiger partial charge in [0, 0.05) is 11.8 Å². The lowest BCUT2D eigenvalue weighted by atomic mass is 9.70. The predicted octanol–water partition coefficient (Wildman–Crippen LogP) is 5.71. The Morgan fingerprint density at radius 2 is 1.24 bits per heavy atom. The zero-order valence-electron chi connectivity index (χ0n) is 19.5. The Kier molecular flexibility index (Phi) is 7.04. The fourth-order valence-corrected chi connectivity index (χ4v) is 8.87. The van der Waals surface area contributed by atoms with Gasteiger partial charge in [-0.3, -0.25) is 4.79 Å². The van der Waals surface area contributed by atoms with Gasteiger partial charge in [-0.2, -0.15) is 0 Å². The summed E-state index contributed by atoms with van der Waals surface area (Å²) in [6.07, 6.45) is 1.88. The summed E-state index contributed by atoms with van der Waals surface area (Å²) in [6.45, 7) is 3.83. The maximum Gasteiger partial charge on any atom is 0.166 e. The number of hydrogen-bond donors (Lipinski definition) is 0. The smallest absolute Gasteiger partial charge is 0.166 e. The molecule has 34 heavy (non-hydrogen) atoms. The van der Waals surface area contributed by atoms with Crippen LogP contribution in [0.5, 0.6) is 0 Å². The molecule has 6 heteroatoms. The van der Waals surface area contributed by atoms with Crippen molar-refractivity contribution in [2.75, 3.05) is 5.75 Å². The summed E-state index contributed by atoms with van der Waals surface area (Å²) in [7, 11) is -4.34. The number of Topliss-reactive ketones (excluding diaryl/α,β-unsaturated/α-hetero) is 1. The Balaban J connectivity index is 0.000000166. The second-order valence-corrected chi connectivity index (χ2v) is 13.0. The lowest BCUT2D eigenvalue weighted by molar-refractivity contribution is -0.128. The van der Waals surface area contributed by atoms with Gasteiger partial charge < -0.3 is 4.55 Å². The van der Waals surface area contributed by atoms with E-state index in [1.807, 2.05) is 13.8 Å². The molecule has 2 aliphatic carbocycles. The predicted molar refractivity (Wildman–Crippen MR) is 135 cm³/mol. The summed E-state index contributed by atoms with van der Waals surface area (Å²) in [4.78, 5) is 15.9. The van der Waals surface area contributed by atoms with Gasteiger partial charge in [-0.15, -0.1) is 0 Å². The topological polar surface area (TPSA) is 74.3 Å². The number of fused-ring (bicyclic) bond motifs is 2. The maximum atomic E-state index is 11.8. The lowest BCUT2D eigenvalue weighted by Gasteiger charge is -2.37. The van der Waals surface area contributed by atoms with Crippen LogP contribution in [-0.2, 0) is 25.8 Å². The zero-order chi connectivity index (χ0) is 24.4. The molecular formula is C28H30O4S2. The number of ketones is 1. The molecule has 2 atom stereocenters. The van der Waals surface area contributed by atoms with Gasteiger partial charge in [0.2, 0.25) is 0 Å². The molecule has 2 aliphatic rings. The molecule has 5 rings (SSSR count). The third-order valence-electron chi connectivity index (χ3n) is 7.50. The first kappa shape index (κ1) is 24.7. The Hall–Kier alpha value is -2.41. The summed E-state index contributed by atoms with van der Waals surface area (Å²) in [5, 5.41) is 0. The van der Waals surface area contributed by atoms with Crippen molar-refractivity contribution in [3.05, 3.63) is 91.0 Å². The molecule has 0 heterocycles. The molecule has 0 amide bonds. The first-order valence-electron chi connectivity index (χ1n) is 11.5. The van der Waals surface area contributed by atoms with Gasteiger partial charge in [0.15, 0.2) is 14.7 Å². The van der Waals surface area contributed by atoms with Crippen LogP contribution in [0.25, 0.3) is 0 Å². The second-order valence-electron chi connectivity index (χ2n) is 9.61. The van der Waals surface area contributed by atoms with Gasteiger partial charge in [0.1, 0.15) is 5.78 Å². The average Bonchev–Trinajstić information content (AvgIpc) is 3.15. The van der Waals surface area contributed by atoms with Crippen molar-refractivity contribution in [1.82, 2.24) is 0 Å². The fraction of sp³-hybridized carbons (Fsp3) is 0.321. The van der Waals surface area contributed by atoms with Crippen LogP contribution in [0.15, 0.2) is 106 Å². The van der Waals surface area contributed by atoms with Gasteiger partial charge >= 0.3 is 0 Å². The summed E-state index contributed by atoms with van der Waals surface area (Å²) in [5.74, 6) is -0.280. The highest BCUT2D eigenvalue weighted by Gasteiger charge is 2.64. The second kappa shape index (κ2) is 9.68. The van der Waals surface area contributed by atoms with Crippen molar-refractivity contribution >= 4 is 26.8 Å². The largest absolute Gasteiger partial charge is 0.748 e. The highest BCUT2D eigenvalue weighted by atomic mass is 32.2. The van der Waals surface area contributed by atoms with Crippen molar-refractivity contribution in [2.24, 2.45) is 16.7 Å².